The van der Waals surface area contributed by atoms with Crippen molar-refractivity contribution in [1.82, 2.24) is 0 Å². The maximum Gasteiger partial charge on any atom is 0.159 e. The number of nitrogens with zero attached hydrogens (tertiary/aromatic N) is 1. The van der Waals surface area contributed by atoms with Gasteiger partial charge in [0.15, 0.2) is 11.6 Å². The van der Waals surface area contributed by atoms with Gasteiger partial charge in [-0.15, -0.1) is 0 Å². The van der Waals surface area contributed by atoms with E-state index in [-0.39, 0.29) is 6.04 Å². The maximum atomic E-state index is 13.6. The lowest BCUT2D eigenvalue weighted by Gasteiger charge is -2.42. The molecule has 4 rings (SSSR count). The third-order valence-corrected chi connectivity index (χ3v) is 6.48. The van der Waals surface area contributed by atoms with Gasteiger partial charge in [0.05, 0.1) is 6.04 Å². The number of halogens is 5. The van der Waals surface area contributed by atoms with Crippen LogP contribution in [0.4, 0.5) is 14.5 Å². The lowest BCUT2D eigenvalue weighted by atomic mass is 9.85. The molecule has 1 heterocycles. The van der Waals surface area contributed by atoms with Gasteiger partial charge in [-0.25, -0.2) is 8.78 Å². The molecule has 6 heteroatoms. The first-order valence-corrected chi connectivity index (χ1v) is 10.9. The van der Waals surface area contributed by atoms with Crippen LogP contribution in [0.2, 0.25) is 15.1 Å². The van der Waals surface area contributed by atoms with E-state index in [9.17, 15) is 8.78 Å². The van der Waals surface area contributed by atoms with E-state index in [1.807, 2.05) is 36.4 Å². The van der Waals surface area contributed by atoms with Crippen molar-refractivity contribution >= 4 is 40.5 Å². The molecule has 1 saturated heterocycles. The zero-order chi connectivity index (χ0) is 21.3. The zero-order valence-electron chi connectivity index (χ0n) is 16.1. The highest BCUT2D eigenvalue weighted by Gasteiger charge is 2.31. The van der Waals surface area contributed by atoms with E-state index in [1.54, 1.807) is 12.1 Å². The molecule has 3 aromatic rings. The molecule has 0 unspecified atom stereocenters. The van der Waals surface area contributed by atoms with Gasteiger partial charge in [-0.1, -0.05) is 46.9 Å². The van der Waals surface area contributed by atoms with Gasteiger partial charge in [0.2, 0.25) is 0 Å². The Bertz CT molecular complexity index is 1040. The fourth-order valence-corrected chi connectivity index (χ4v) is 4.89. The summed E-state index contributed by atoms with van der Waals surface area (Å²) in [4.78, 5) is 2.32. The van der Waals surface area contributed by atoms with E-state index in [1.165, 1.54) is 12.1 Å². The topological polar surface area (TPSA) is 3.24 Å². The number of piperidine rings is 1. The second kappa shape index (κ2) is 9.13. The van der Waals surface area contributed by atoms with Crippen LogP contribution in [0, 0.1) is 17.6 Å². The first kappa shape index (κ1) is 21.4. The summed E-state index contributed by atoms with van der Waals surface area (Å²) >= 11 is 18.7. The van der Waals surface area contributed by atoms with Crippen molar-refractivity contribution in [2.75, 3.05) is 11.4 Å². The number of benzene rings is 3. The van der Waals surface area contributed by atoms with Crippen molar-refractivity contribution in [1.29, 1.82) is 0 Å². The van der Waals surface area contributed by atoms with Crippen LogP contribution in [-0.2, 0) is 6.42 Å². The Morgan fingerprint density at radius 3 is 2.23 bits per heavy atom. The van der Waals surface area contributed by atoms with Gasteiger partial charge in [-0.05, 0) is 84.8 Å². The molecule has 0 bridgehead atoms. The normalized spacial score (nSPS) is 19.2. The highest BCUT2D eigenvalue weighted by molar-refractivity contribution is 6.35. The molecular weight excluding hydrogens is 447 g/mol. The summed E-state index contributed by atoms with van der Waals surface area (Å²) < 4.78 is 26.9. The minimum absolute atomic E-state index is 0.0946. The van der Waals surface area contributed by atoms with Gasteiger partial charge in [-0.3, -0.25) is 0 Å². The molecule has 0 aromatic heterocycles. The van der Waals surface area contributed by atoms with Crippen molar-refractivity contribution in [2.45, 2.75) is 25.3 Å². The SMILES string of the molecule is Fc1ccc(C[C@H]2CC[C@H](c3ccc(Cl)cc3Cl)N(c3ccc(Cl)cc3)C2)cc1F. The quantitative estimate of drug-likeness (QED) is 0.375. The molecule has 3 aromatic carbocycles. The first-order chi connectivity index (χ1) is 14.4. The summed E-state index contributed by atoms with van der Waals surface area (Å²) in [6.07, 6.45) is 2.52. The Morgan fingerprint density at radius 1 is 0.800 bits per heavy atom. The van der Waals surface area contributed by atoms with Crippen LogP contribution < -0.4 is 4.90 Å². The fraction of sp³-hybridized carbons (Fsp3) is 0.250. The van der Waals surface area contributed by atoms with Crippen molar-refractivity contribution < 1.29 is 8.78 Å². The monoisotopic (exact) mass is 465 g/mol. The highest BCUT2D eigenvalue weighted by Crippen LogP contribution is 2.41. The van der Waals surface area contributed by atoms with E-state index in [2.05, 4.69) is 4.90 Å². The minimum atomic E-state index is -0.817. The average Bonchev–Trinajstić information content (AvgIpc) is 2.72. The Labute approximate surface area is 190 Å². The third kappa shape index (κ3) is 4.74. The lowest BCUT2D eigenvalue weighted by molar-refractivity contribution is 0.357. The maximum absolute atomic E-state index is 13.6. The van der Waals surface area contributed by atoms with Crippen LogP contribution in [0.5, 0.6) is 0 Å². The Balaban J connectivity index is 1.62. The van der Waals surface area contributed by atoms with E-state index in [4.69, 9.17) is 34.8 Å². The van der Waals surface area contributed by atoms with E-state index >= 15 is 0 Å². The molecule has 0 radical (unpaired) electrons. The van der Waals surface area contributed by atoms with Gasteiger partial charge in [-0.2, -0.15) is 0 Å². The number of hydrogen-bond donors (Lipinski definition) is 0. The lowest BCUT2D eigenvalue weighted by Crippen LogP contribution is -2.39. The van der Waals surface area contributed by atoms with E-state index in [0.717, 1.165) is 36.2 Å². The Hall–Kier alpha value is -1.81. The van der Waals surface area contributed by atoms with E-state index < -0.39 is 11.6 Å². The standard InChI is InChI=1S/C24H20Cl3F2N/c25-17-3-6-19(7-4-17)30-14-16(11-15-1-9-22(28)23(29)12-15)2-10-24(30)20-8-5-18(26)13-21(20)27/h1,3-9,12-13,16,24H,2,10-11,14H2/t16-,24-/m1/s1. The summed E-state index contributed by atoms with van der Waals surface area (Å²) in [5.74, 6) is -1.32. The predicted octanol–water partition coefficient (Wildman–Crippen LogP) is 8.13. The van der Waals surface area contributed by atoms with Crippen molar-refractivity contribution in [3.8, 4) is 0 Å². The van der Waals surface area contributed by atoms with Crippen LogP contribution in [0.25, 0.3) is 0 Å². The molecule has 0 spiro atoms. The van der Waals surface area contributed by atoms with Crippen molar-refractivity contribution in [2.24, 2.45) is 5.92 Å². The molecule has 1 fully saturated rings. The summed E-state index contributed by atoms with van der Waals surface area (Å²) in [6.45, 7) is 0.768. The number of anilines is 1. The largest absolute Gasteiger partial charge is 0.364 e. The molecule has 0 aliphatic carbocycles. The molecule has 2 atom stereocenters. The Morgan fingerprint density at radius 2 is 1.53 bits per heavy atom. The van der Waals surface area contributed by atoms with Crippen LogP contribution in [-0.4, -0.2) is 6.54 Å². The highest BCUT2D eigenvalue weighted by atomic mass is 35.5. The van der Waals surface area contributed by atoms with Gasteiger partial charge in [0.25, 0.3) is 0 Å². The van der Waals surface area contributed by atoms with Crippen LogP contribution in [0.3, 0.4) is 0 Å². The molecule has 1 aliphatic rings. The molecule has 1 nitrogen and oxygen atoms in total. The third-order valence-electron chi connectivity index (χ3n) is 5.67. The molecule has 30 heavy (non-hydrogen) atoms. The number of rotatable bonds is 4. The van der Waals surface area contributed by atoms with Gasteiger partial charge < -0.3 is 4.90 Å². The van der Waals surface area contributed by atoms with E-state index in [0.29, 0.717) is 27.4 Å². The fourth-order valence-electron chi connectivity index (χ4n) is 4.23. The molecule has 1 aliphatic heterocycles. The van der Waals surface area contributed by atoms with Gasteiger partial charge in [0, 0.05) is 27.3 Å². The molecule has 0 N–H and O–H groups in total. The van der Waals surface area contributed by atoms with Crippen LogP contribution in [0.15, 0.2) is 60.7 Å². The smallest absolute Gasteiger partial charge is 0.159 e. The summed E-state index contributed by atoms with van der Waals surface area (Å²) in [5.41, 5.74) is 2.88. The molecule has 0 amide bonds. The zero-order valence-corrected chi connectivity index (χ0v) is 18.4. The van der Waals surface area contributed by atoms with Crippen molar-refractivity contribution in [3.05, 3.63) is 98.5 Å². The first-order valence-electron chi connectivity index (χ1n) is 9.82. The second-order valence-electron chi connectivity index (χ2n) is 7.71. The van der Waals surface area contributed by atoms with Crippen LogP contribution in [0.1, 0.15) is 30.0 Å². The summed E-state index contributed by atoms with van der Waals surface area (Å²) in [7, 11) is 0. The second-order valence-corrected chi connectivity index (χ2v) is 8.99. The van der Waals surface area contributed by atoms with Gasteiger partial charge >= 0.3 is 0 Å². The number of hydrogen-bond acceptors (Lipinski definition) is 1. The summed E-state index contributed by atoms with van der Waals surface area (Å²) in [6, 6.07) is 17.6. The molecular formula is C24H20Cl3F2N. The summed E-state index contributed by atoms with van der Waals surface area (Å²) in [5, 5.41) is 1.93. The predicted molar refractivity (Wildman–Crippen MR) is 121 cm³/mol. The Kier molecular flexibility index (Phi) is 6.52. The van der Waals surface area contributed by atoms with Gasteiger partial charge in [0.1, 0.15) is 0 Å². The average molecular weight is 467 g/mol. The van der Waals surface area contributed by atoms with Crippen LogP contribution >= 0.6 is 34.8 Å². The van der Waals surface area contributed by atoms with Crippen molar-refractivity contribution in [3.63, 3.8) is 0 Å². The molecule has 0 saturated carbocycles. The molecule has 156 valence electrons. The minimum Gasteiger partial charge on any atom is -0.364 e.